The first-order valence-electron chi connectivity index (χ1n) is 11.3. The van der Waals surface area contributed by atoms with Crippen molar-refractivity contribution in [2.75, 3.05) is 21.7 Å². The van der Waals surface area contributed by atoms with Crippen molar-refractivity contribution < 1.29 is 23.0 Å². The molecule has 0 radical (unpaired) electrons. The van der Waals surface area contributed by atoms with Crippen molar-refractivity contribution in [2.24, 2.45) is 0 Å². The molecule has 1 fully saturated rings. The van der Waals surface area contributed by atoms with E-state index in [4.69, 9.17) is 0 Å². The lowest BCUT2D eigenvalue weighted by molar-refractivity contribution is -0.125. The zero-order valence-corrected chi connectivity index (χ0v) is 20.2. The van der Waals surface area contributed by atoms with Gasteiger partial charge < -0.3 is 10.6 Å². The lowest BCUT2D eigenvalue weighted by atomic mass is 10.1. The summed E-state index contributed by atoms with van der Waals surface area (Å²) in [4.78, 5) is 39.6. The Balaban J connectivity index is 1.66. The summed E-state index contributed by atoms with van der Waals surface area (Å²) in [5, 5.41) is 5.55. The Morgan fingerprint density at radius 2 is 1.65 bits per heavy atom. The van der Waals surface area contributed by atoms with E-state index in [1.54, 1.807) is 19.1 Å². The molecule has 0 unspecified atom stereocenters. The minimum absolute atomic E-state index is 0.106. The maximum absolute atomic E-state index is 13.2. The standard InChI is InChI=1S/C25H30FN3O4S/c1-17-7-13-22(14-8-17)29(18(2)25(32)28-20-5-3-4-6-20)24(31)16-34(33)15-23(30)27-21-11-9-19(26)10-12-21/h7-14,18,20H,3-6,15-16H2,1-2H3,(H,27,30)(H,28,32)/t18-,34-/m1/s1. The predicted molar refractivity (Wildman–Crippen MR) is 131 cm³/mol. The van der Waals surface area contributed by atoms with Crippen molar-refractivity contribution in [2.45, 2.75) is 51.6 Å². The van der Waals surface area contributed by atoms with Crippen LogP contribution in [0.4, 0.5) is 15.8 Å². The maximum atomic E-state index is 13.2. The molecule has 7 nitrogen and oxygen atoms in total. The summed E-state index contributed by atoms with van der Waals surface area (Å²) in [6, 6.07) is 11.7. The van der Waals surface area contributed by atoms with E-state index in [9.17, 15) is 23.0 Å². The zero-order chi connectivity index (χ0) is 24.7. The first-order valence-corrected chi connectivity index (χ1v) is 12.8. The molecule has 0 spiro atoms. The molecule has 1 aliphatic carbocycles. The van der Waals surface area contributed by atoms with Crippen LogP contribution in [-0.2, 0) is 25.2 Å². The van der Waals surface area contributed by atoms with Gasteiger partial charge in [-0.3, -0.25) is 23.5 Å². The third-order valence-corrected chi connectivity index (χ3v) is 6.91. The van der Waals surface area contributed by atoms with Gasteiger partial charge in [0, 0.05) is 28.2 Å². The Labute approximate surface area is 201 Å². The lowest BCUT2D eigenvalue weighted by Gasteiger charge is -2.29. The number of rotatable bonds is 9. The molecule has 9 heteroatoms. The first kappa shape index (κ1) is 25.6. The van der Waals surface area contributed by atoms with Gasteiger partial charge in [-0.05, 0) is 63.1 Å². The van der Waals surface area contributed by atoms with E-state index in [0.717, 1.165) is 31.2 Å². The fourth-order valence-corrected chi connectivity index (χ4v) is 4.81. The van der Waals surface area contributed by atoms with Gasteiger partial charge in [-0.15, -0.1) is 0 Å². The average Bonchev–Trinajstić information content (AvgIpc) is 3.29. The van der Waals surface area contributed by atoms with Crippen molar-refractivity contribution in [3.63, 3.8) is 0 Å². The van der Waals surface area contributed by atoms with Gasteiger partial charge in [0.1, 0.15) is 23.4 Å². The van der Waals surface area contributed by atoms with Crippen molar-refractivity contribution >= 4 is 39.9 Å². The van der Waals surface area contributed by atoms with Gasteiger partial charge in [-0.2, -0.15) is 0 Å². The predicted octanol–water partition coefficient (Wildman–Crippen LogP) is 3.30. The lowest BCUT2D eigenvalue weighted by Crippen LogP contribution is -2.51. The van der Waals surface area contributed by atoms with Crippen LogP contribution >= 0.6 is 0 Å². The molecule has 1 aliphatic rings. The summed E-state index contributed by atoms with van der Waals surface area (Å²) in [6.45, 7) is 3.56. The van der Waals surface area contributed by atoms with Crippen molar-refractivity contribution in [1.82, 2.24) is 5.32 Å². The molecule has 1 saturated carbocycles. The van der Waals surface area contributed by atoms with Crippen LogP contribution < -0.4 is 15.5 Å². The van der Waals surface area contributed by atoms with E-state index in [1.807, 2.05) is 19.1 Å². The normalized spacial score (nSPS) is 15.4. The van der Waals surface area contributed by atoms with Gasteiger partial charge in [0.15, 0.2) is 0 Å². The number of anilines is 2. The minimum atomic E-state index is -1.80. The van der Waals surface area contributed by atoms with Crippen LogP contribution in [0.15, 0.2) is 48.5 Å². The average molecular weight is 488 g/mol. The van der Waals surface area contributed by atoms with Crippen LogP contribution in [0.5, 0.6) is 0 Å². The first-order chi connectivity index (χ1) is 16.2. The molecule has 2 aromatic rings. The molecule has 0 saturated heterocycles. The highest BCUT2D eigenvalue weighted by Gasteiger charge is 2.30. The number of carbonyl (C=O) groups is 3. The molecular weight excluding hydrogens is 457 g/mol. The number of benzene rings is 2. The number of hydrogen-bond donors (Lipinski definition) is 2. The number of halogens is 1. The van der Waals surface area contributed by atoms with Crippen LogP contribution in [0.1, 0.15) is 38.2 Å². The van der Waals surface area contributed by atoms with E-state index < -0.39 is 46.0 Å². The third-order valence-electron chi connectivity index (χ3n) is 5.75. The van der Waals surface area contributed by atoms with Crippen LogP contribution in [-0.4, -0.2) is 45.5 Å². The van der Waals surface area contributed by atoms with Gasteiger partial charge in [0.25, 0.3) is 0 Å². The second-order valence-corrected chi connectivity index (χ2v) is 10.0. The molecule has 0 bridgehead atoms. The highest BCUT2D eigenvalue weighted by Crippen LogP contribution is 2.21. The summed E-state index contributed by atoms with van der Waals surface area (Å²) >= 11 is 0. The molecule has 0 heterocycles. The second kappa shape index (κ2) is 11.9. The fraction of sp³-hybridized carbons (Fsp3) is 0.400. The smallest absolute Gasteiger partial charge is 0.243 e. The van der Waals surface area contributed by atoms with E-state index in [2.05, 4.69) is 10.6 Å². The number of hydrogen-bond acceptors (Lipinski definition) is 4. The molecule has 2 atom stereocenters. The van der Waals surface area contributed by atoms with Crippen LogP contribution in [0.3, 0.4) is 0 Å². The molecule has 0 aliphatic heterocycles. The molecule has 0 aromatic heterocycles. The molecule has 2 N–H and O–H groups in total. The van der Waals surface area contributed by atoms with E-state index in [1.165, 1.54) is 29.2 Å². The Morgan fingerprint density at radius 1 is 1.03 bits per heavy atom. The summed E-state index contributed by atoms with van der Waals surface area (Å²) < 4.78 is 25.6. The highest BCUT2D eigenvalue weighted by molar-refractivity contribution is 7.86. The summed E-state index contributed by atoms with van der Waals surface area (Å²) in [6.07, 6.45) is 3.98. The van der Waals surface area contributed by atoms with Gasteiger partial charge in [-0.25, -0.2) is 4.39 Å². The summed E-state index contributed by atoms with van der Waals surface area (Å²) in [5.74, 6) is -2.56. The third kappa shape index (κ3) is 7.21. The zero-order valence-electron chi connectivity index (χ0n) is 19.4. The number of nitrogens with one attached hydrogen (secondary N) is 2. The second-order valence-electron chi connectivity index (χ2n) is 8.55. The Kier molecular flexibility index (Phi) is 8.92. The van der Waals surface area contributed by atoms with Gasteiger partial charge >= 0.3 is 0 Å². The maximum Gasteiger partial charge on any atom is 0.243 e. The number of nitrogens with zero attached hydrogens (tertiary/aromatic N) is 1. The van der Waals surface area contributed by atoms with E-state index in [-0.39, 0.29) is 11.9 Å². The SMILES string of the molecule is Cc1ccc(N(C(=O)C[S@](=O)CC(=O)Nc2ccc(F)cc2)[C@H](C)C(=O)NC2CCCC2)cc1. The van der Waals surface area contributed by atoms with Gasteiger partial charge in [0.05, 0.1) is 0 Å². The largest absolute Gasteiger partial charge is 0.352 e. The molecule has 3 amide bonds. The van der Waals surface area contributed by atoms with Crippen molar-refractivity contribution in [3.8, 4) is 0 Å². The Hall–Kier alpha value is -3.07. The number of amides is 3. The molecular formula is C25H30FN3O4S. The molecule has 2 aromatic carbocycles. The number of aryl methyl sites for hydroxylation is 1. The van der Waals surface area contributed by atoms with Crippen molar-refractivity contribution in [3.05, 3.63) is 59.9 Å². The van der Waals surface area contributed by atoms with Crippen LogP contribution in [0, 0.1) is 12.7 Å². The molecule has 3 rings (SSSR count). The number of carbonyl (C=O) groups excluding carboxylic acids is 3. The summed E-state index contributed by atoms with van der Waals surface area (Å²) in [7, 11) is -1.80. The van der Waals surface area contributed by atoms with E-state index in [0.29, 0.717) is 11.4 Å². The van der Waals surface area contributed by atoms with Crippen molar-refractivity contribution in [1.29, 1.82) is 0 Å². The Bertz CT molecular complexity index is 1040. The van der Waals surface area contributed by atoms with E-state index >= 15 is 0 Å². The monoisotopic (exact) mass is 487 g/mol. The van der Waals surface area contributed by atoms with Crippen LogP contribution in [0.25, 0.3) is 0 Å². The van der Waals surface area contributed by atoms with Crippen LogP contribution in [0.2, 0.25) is 0 Å². The topological polar surface area (TPSA) is 95.6 Å². The molecule has 182 valence electrons. The quantitative estimate of drug-likeness (QED) is 0.567. The summed E-state index contributed by atoms with van der Waals surface area (Å²) in [5.41, 5.74) is 1.89. The Morgan fingerprint density at radius 3 is 2.26 bits per heavy atom. The highest BCUT2D eigenvalue weighted by atomic mass is 32.2. The minimum Gasteiger partial charge on any atom is -0.352 e. The van der Waals surface area contributed by atoms with Gasteiger partial charge in [0.2, 0.25) is 17.7 Å². The molecule has 34 heavy (non-hydrogen) atoms. The van der Waals surface area contributed by atoms with Gasteiger partial charge in [-0.1, -0.05) is 30.5 Å². The fourth-order valence-electron chi connectivity index (χ4n) is 3.93.